The topological polar surface area (TPSA) is 53.6 Å². The van der Waals surface area contributed by atoms with Gasteiger partial charge in [-0.1, -0.05) is 18.2 Å². The molecule has 0 fully saturated rings. The van der Waals surface area contributed by atoms with Gasteiger partial charge in [0, 0.05) is 17.4 Å². The SMILES string of the molecule is Brc1cccc(CNc2cccc(-c3ccn[nH]3)c2)n1. The predicted molar refractivity (Wildman–Crippen MR) is 83.3 cm³/mol. The Kier molecular flexibility index (Phi) is 3.78. The van der Waals surface area contributed by atoms with Gasteiger partial charge in [0.2, 0.25) is 0 Å². The summed E-state index contributed by atoms with van der Waals surface area (Å²) in [6.45, 7) is 0.686. The summed E-state index contributed by atoms with van der Waals surface area (Å²) in [6.07, 6.45) is 1.75. The van der Waals surface area contributed by atoms with Crippen molar-refractivity contribution in [3.63, 3.8) is 0 Å². The second-order valence-corrected chi connectivity index (χ2v) is 5.17. The van der Waals surface area contributed by atoms with Crippen LogP contribution < -0.4 is 5.32 Å². The van der Waals surface area contributed by atoms with Gasteiger partial charge in [0.1, 0.15) is 4.60 Å². The standard InChI is InChI=1S/C15H13BrN4/c16-15-6-2-5-13(19-15)10-17-12-4-1-3-11(9-12)14-7-8-18-20-14/h1-9,17H,10H2,(H,18,20). The summed E-state index contributed by atoms with van der Waals surface area (Å²) in [6, 6.07) is 16.1. The fourth-order valence-corrected chi connectivity index (χ4v) is 2.34. The number of nitrogens with one attached hydrogen (secondary N) is 2. The van der Waals surface area contributed by atoms with Crippen molar-refractivity contribution in [3.05, 3.63) is 65.0 Å². The third-order valence-electron chi connectivity index (χ3n) is 2.92. The summed E-state index contributed by atoms with van der Waals surface area (Å²) in [5.41, 5.74) is 4.16. The van der Waals surface area contributed by atoms with E-state index in [2.05, 4.69) is 48.6 Å². The molecule has 0 radical (unpaired) electrons. The van der Waals surface area contributed by atoms with Crippen molar-refractivity contribution in [1.82, 2.24) is 15.2 Å². The van der Waals surface area contributed by atoms with E-state index in [-0.39, 0.29) is 0 Å². The summed E-state index contributed by atoms with van der Waals surface area (Å²) < 4.78 is 0.850. The van der Waals surface area contributed by atoms with Crippen LogP contribution in [-0.2, 0) is 6.54 Å². The first-order chi connectivity index (χ1) is 9.81. The summed E-state index contributed by atoms with van der Waals surface area (Å²) in [7, 11) is 0. The molecular weight excluding hydrogens is 316 g/mol. The van der Waals surface area contributed by atoms with Crippen molar-refractivity contribution < 1.29 is 0 Å². The molecule has 2 N–H and O–H groups in total. The Morgan fingerprint density at radius 2 is 2.00 bits per heavy atom. The molecule has 1 aromatic carbocycles. The van der Waals surface area contributed by atoms with Crippen LogP contribution in [0.3, 0.4) is 0 Å². The smallest absolute Gasteiger partial charge is 0.106 e. The fourth-order valence-electron chi connectivity index (χ4n) is 1.95. The van der Waals surface area contributed by atoms with E-state index in [0.29, 0.717) is 6.54 Å². The first-order valence-electron chi connectivity index (χ1n) is 6.26. The lowest BCUT2D eigenvalue weighted by atomic mass is 10.1. The van der Waals surface area contributed by atoms with Gasteiger partial charge in [-0.3, -0.25) is 5.10 Å². The monoisotopic (exact) mass is 328 g/mol. The van der Waals surface area contributed by atoms with Gasteiger partial charge >= 0.3 is 0 Å². The second kappa shape index (κ2) is 5.88. The molecule has 0 amide bonds. The van der Waals surface area contributed by atoms with E-state index in [1.54, 1.807) is 6.20 Å². The van der Waals surface area contributed by atoms with Gasteiger partial charge in [-0.05, 0) is 46.3 Å². The van der Waals surface area contributed by atoms with Gasteiger partial charge in [-0.2, -0.15) is 5.10 Å². The molecule has 0 aliphatic carbocycles. The van der Waals surface area contributed by atoms with E-state index in [1.807, 2.05) is 36.4 Å². The zero-order chi connectivity index (χ0) is 13.8. The molecule has 0 atom stereocenters. The van der Waals surface area contributed by atoms with Crippen molar-refractivity contribution in [3.8, 4) is 11.3 Å². The predicted octanol–water partition coefficient (Wildman–Crippen LogP) is 3.85. The van der Waals surface area contributed by atoms with Crippen LogP contribution in [0.25, 0.3) is 11.3 Å². The van der Waals surface area contributed by atoms with Crippen molar-refractivity contribution in [2.45, 2.75) is 6.54 Å². The van der Waals surface area contributed by atoms with Crippen molar-refractivity contribution in [2.75, 3.05) is 5.32 Å². The highest BCUT2D eigenvalue weighted by Crippen LogP contribution is 2.20. The van der Waals surface area contributed by atoms with Gasteiger partial charge in [0.15, 0.2) is 0 Å². The van der Waals surface area contributed by atoms with E-state index in [1.165, 1.54) is 0 Å². The molecule has 0 saturated carbocycles. The van der Waals surface area contributed by atoms with Crippen LogP contribution in [0.5, 0.6) is 0 Å². The molecule has 2 aromatic heterocycles. The molecule has 3 aromatic rings. The number of H-pyrrole nitrogens is 1. The quantitative estimate of drug-likeness (QED) is 0.715. The Morgan fingerprint density at radius 1 is 1.10 bits per heavy atom. The number of rotatable bonds is 4. The zero-order valence-electron chi connectivity index (χ0n) is 10.7. The largest absolute Gasteiger partial charge is 0.379 e. The molecule has 0 spiro atoms. The zero-order valence-corrected chi connectivity index (χ0v) is 12.3. The highest BCUT2D eigenvalue weighted by atomic mass is 79.9. The fraction of sp³-hybridized carbons (Fsp3) is 0.0667. The summed E-state index contributed by atoms with van der Waals surface area (Å²) >= 11 is 3.38. The minimum atomic E-state index is 0.686. The van der Waals surface area contributed by atoms with E-state index < -0.39 is 0 Å². The Morgan fingerprint density at radius 3 is 2.80 bits per heavy atom. The van der Waals surface area contributed by atoms with Crippen molar-refractivity contribution >= 4 is 21.6 Å². The first-order valence-corrected chi connectivity index (χ1v) is 7.06. The third-order valence-corrected chi connectivity index (χ3v) is 3.36. The molecule has 3 rings (SSSR count). The van der Waals surface area contributed by atoms with E-state index >= 15 is 0 Å². The molecule has 100 valence electrons. The summed E-state index contributed by atoms with van der Waals surface area (Å²) in [4.78, 5) is 4.40. The summed E-state index contributed by atoms with van der Waals surface area (Å²) in [5, 5.41) is 10.3. The van der Waals surface area contributed by atoms with Crippen molar-refractivity contribution in [2.24, 2.45) is 0 Å². The van der Waals surface area contributed by atoms with E-state index in [4.69, 9.17) is 0 Å². The number of pyridine rings is 1. The van der Waals surface area contributed by atoms with Crippen LogP contribution in [0.4, 0.5) is 5.69 Å². The normalized spacial score (nSPS) is 10.4. The number of anilines is 1. The Balaban J connectivity index is 1.73. The first kappa shape index (κ1) is 12.9. The van der Waals surface area contributed by atoms with Gasteiger partial charge < -0.3 is 5.32 Å². The maximum Gasteiger partial charge on any atom is 0.106 e. The lowest BCUT2D eigenvalue weighted by molar-refractivity contribution is 1.03. The van der Waals surface area contributed by atoms with Gasteiger partial charge in [-0.15, -0.1) is 0 Å². The van der Waals surface area contributed by atoms with Crippen LogP contribution in [0, 0.1) is 0 Å². The molecule has 4 nitrogen and oxygen atoms in total. The average molecular weight is 329 g/mol. The average Bonchev–Trinajstić information content (AvgIpc) is 3.00. The van der Waals surface area contributed by atoms with E-state index in [9.17, 15) is 0 Å². The Bertz CT molecular complexity index is 695. The number of benzene rings is 1. The minimum absolute atomic E-state index is 0.686. The third kappa shape index (κ3) is 3.05. The number of halogens is 1. The van der Waals surface area contributed by atoms with Gasteiger partial charge in [-0.25, -0.2) is 4.98 Å². The molecule has 0 unspecified atom stereocenters. The summed E-state index contributed by atoms with van der Waals surface area (Å²) in [5.74, 6) is 0. The number of hydrogen-bond donors (Lipinski definition) is 2. The molecule has 2 heterocycles. The molecule has 0 bridgehead atoms. The molecule has 0 saturated heterocycles. The van der Waals surface area contributed by atoms with Gasteiger partial charge in [0.25, 0.3) is 0 Å². The van der Waals surface area contributed by atoms with Crippen LogP contribution >= 0.6 is 15.9 Å². The van der Waals surface area contributed by atoms with Crippen LogP contribution in [0.1, 0.15) is 5.69 Å². The highest BCUT2D eigenvalue weighted by Gasteiger charge is 2.01. The van der Waals surface area contributed by atoms with E-state index in [0.717, 1.165) is 27.2 Å². The van der Waals surface area contributed by atoms with Crippen LogP contribution in [0.15, 0.2) is 59.3 Å². The lowest BCUT2D eigenvalue weighted by Gasteiger charge is -2.07. The lowest BCUT2D eigenvalue weighted by Crippen LogP contribution is -2.01. The second-order valence-electron chi connectivity index (χ2n) is 4.36. The van der Waals surface area contributed by atoms with Gasteiger partial charge in [0.05, 0.1) is 17.9 Å². The Labute approximate surface area is 125 Å². The van der Waals surface area contributed by atoms with Crippen molar-refractivity contribution in [1.29, 1.82) is 0 Å². The molecule has 0 aliphatic rings. The number of aromatic nitrogens is 3. The number of hydrogen-bond acceptors (Lipinski definition) is 3. The maximum atomic E-state index is 4.40. The maximum absolute atomic E-state index is 4.40. The molecule has 5 heteroatoms. The molecule has 20 heavy (non-hydrogen) atoms. The van der Waals surface area contributed by atoms with Crippen LogP contribution in [0.2, 0.25) is 0 Å². The van der Waals surface area contributed by atoms with Crippen LogP contribution in [-0.4, -0.2) is 15.2 Å². The number of nitrogens with zero attached hydrogens (tertiary/aromatic N) is 2. The molecule has 0 aliphatic heterocycles. The highest BCUT2D eigenvalue weighted by molar-refractivity contribution is 9.10. The Hall–Kier alpha value is -2.14. The number of aromatic amines is 1. The minimum Gasteiger partial charge on any atom is -0.379 e. The molecular formula is C15H13BrN4.